The molecule has 0 saturated heterocycles. The van der Waals surface area contributed by atoms with Gasteiger partial charge in [0.15, 0.2) is 5.57 Å². The second-order valence-electron chi connectivity index (χ2n) is 3.76. The minimum atomic E-state index is -0.672. The molecule has 0 aliphatic rings. The maximum absolute atomic E-state index is 11.4. The molecule has 0 aliphatic heterocycles. The molecule has 2 rings (SSSR count). The SMILES string of the molecule is CCOC(=O)C(C#N)=CNNc1nc2ccccc2[nH]1. The van der Waals surface area contributed by atoms with Crippen LogP contribution in [0, 0.1) is 11.3 Å². The monoisotopic (exact) mass is 271 g/mol. The van der Waals surface area contributed by atoms with Crippen molar-refractivity contribution in [3.05, 3.63) is 36.0 Å². The van der Waals surface area contributed by atoms with Gasteiger partial charge < -0.3 is 15.1 Å². The average molecular weight is 271 g/mol. The van der Waals surface area contributed by atoms with Crippen LogP contribution in [-0.2, 0) is 9.53 Å². The zero-order valence-corrected chi connectivity index (χ0v) is 10.8. The largest absolute Gasteiger partial charge is 0.462 e. The third-order valence-electron chi connectivity index (χ3n) is 2.41. The number of fused-ring (bicyclic) bond motifs is 1. The number of aromatic amines is 1. The normalized spacial score (nSPS) is 10.9. The molecule has 1 heterocycles. The number of imidazole rings is 1. The number of hydrazine groups is 1. The summed E-state index contributed by atoms with van der Waals surface area (Å²) in [6, 6.07) is 9.29. The van der Waals surface area contributed by atoms with Crippen molar-refractivity contribution in [3.63, 3.8) is 0 Å². The molecule has 1 aromatic heterocycles. The van der Waals surface area contributed by atoms with Gasteiger partial charge in [0.25, 0.3) is 0 Å². The van der Waals surface area contributed by atoms with Gasteiger partial charge in [0.05, 0.1) is 17.6 Å². The zero-order valence-electron chi connectivity index (χ0n) is 10.8. The predicted molar refractivity (Wildman–Crippen MR) is 73.2 cm³/mol. The second-order valence-corrected chi connectivity index (χ2v) is 3.76. The molecular formula is C13H13N5O2. The van der Waals surface area contributed by atoms with Crippen LogP contribution < -0.4 is 10.9 Å². The van der Waals surface area contributed by atoms with Gasteiger partial charge >= 0.3 is 5.97 Å². The van der Waals surface area contributed by atoms with Crippen molar-refractivity contribution in [3.8, 4) is 6.07 Å². The lowest BCUT2D eigenvalue weighted by Gasteiger charge is -2.02. The van der Waals surface area contributed by atoms with Gasteiger partial charge in [-0.25, -0.2) is 9.78 Å². The van der Waals surface area contributed by atoms with Gasteiger partial charge in [0.2, 0.25) is 5.95 Å². The first-order valence-electron chi connectivity index (χ1n) is 5.98. The summed E-state index contributed by atoms with van der Waals surface area (Å²) < 4.78 is 4.72. The Kier molecular flexibility index (Phi) is 4.19. The molecular weight excluding hydrogens is 258 g/mol. The quantitative estimate of drug-likeness (QED) is 0.329. The molecule has 0 fully saturated rings. The highest BCUT2D eigenvalue weighted by Crippen LogP contribution is 2.12. The van der Waals surface area contributed by atoms with E-state index < -0.39 is 5.97 Å². The molecule has 1 aromatic carbocycles. The average Bonchev–Trinajstić information content (AvgIpc) is 2.86. The van der Waals surface area contributed by atoms with E-state index in [-0.39, 0.29) is 12.2 Å². The fraction of sp³-hybridized carbons (Fsp3) is 0.154. The van der Waals surface area contributed by atoms with E-state index >= 15 is 0 Å². The number of hydrogen-bond donors (Lipinski definition) is 3. The number of para-hydroxylation sites is 2. The number of hydrogen-bond acceptors (Lipinski definition) is 6. The van der Waals surface area contributed by atoms with Gasteiger partial charge in [-0.05, 0) is 19.1 Å². The molecule has 7 nitrogen and oxygen atoms in total. The Labute approximate surface area is 115 Å². The Bertz CT molecular complexity index is 650. The van der Waals surface area contributed by atoms with Gasteiger partial charge in [-0.2, -0.15) is 5.26 Å². The number of rotatable bonds is 5. The highest BCUT2D eigenvalue weighted by atomic mass is 16.5. The number of nitrogens with one attached hydrogen (secondary N) is 3. The summed E-state index contributed by atoms with van der Waals surface area (Å²) in [6.45, 7) is 1.89. The van der Waals surface area contributed by atoms with Crippen molar-refractivity contribution in [2.45, 2.75) is 6.92 Å². The summed E-state index contributed by atoms with van der Waals surface area (Å²) in [6.07, 6.45) is 1.23. The van der Waals surface area contributed by atoms with E-state index in [2.05, 4.69) is 20.8 Å². The molecule has 3 N–H and O–H groups in total. The lowest BCUT2D eigenvalue weighted by molar-refractivity contribution is -0.138. The third kappa shape index (κ3) is 3.05. The van der Waals surface area contributed by atoms with Gasteiger partial charge in [-0.3, -0.25) is 5.43 Å². The summed E-state index contributed by atoms with van der Waals surface area (Å²) in [5, 5.41) is 8.82. The molecule has 0 atom stereocenters. The van der Waals surface area contributed by atoms with E-state index in [4.69, 9.17) is 10.00 Å². The third-order valence-corrected chi connectivity index (χ3v) is 2.41. The van der Waals surface area contributed by atoms with Gasteiger partial charge in [0, 0.05) is 6.20 Å². The highest BCUT2D eigenvalue weighted by molar-refractivity contribution is 5.92. The van der Waals surface area contributed by atoms with Crippen molar-refractivity contribution >= 4 is 23.0 Å². The molecule has 0 unspecified atom stereocenters. The van der Waals surface area contributed by atoms with Crippen molar-refractivity contribution in [2.24, 2.45) is 0 Å². The molecule has 2 aromatic rings. The molecule has 0 amide bonds. The molecule has 7 heteroatoms. The lowest BCUT2D eigenvalue weighted by Crippen LogP contribution is -2.18. The van der Waals surface area contributed by atoms with Crippen molar-refractivity contribution in [1.82, 2.24) is 15.4 Å². The van der Waals surface area contributed by atoms with Crippen molar-refractivity contribution in [1.29, 1.82) is 5.26 Å². The fourth-order valence-corrected chi connectivity index (χ4v) is 1.53. The van der Waals surface area contributed by atoms with E-state index in [9.17, 15) is 4.79 Å². The highest BCUT2D eigenvalue weighted by Gasteiger charge is 2.09. The number of aromatic nitrogens is 2. The van der Waals surface area contributed by atoms with Crippen molar-refractivity contribution in [2.75, 3.05) is 12.0 Å². The van der Waals surface area contributed by atoms with Crippen LogP contribution in [0.4, 0.5) is 5.95 Å². The summed E-state index contributed by atoms with van der Waals surface area (Å²) >= 11 is 0. The minimum absolute atomic E-state index is 0.129. The van der Waals surface area contributed by atoms with Crippen LogP contribution in [0.15, 0.2) is 36.0 Å². The number of carbonyl (C=O) groups is 1. The van der Waals surface area contributed by atoms with Crippen LogP contribution >= 0.6 is 0 Å². The Morgan fingerprint density at radius 2 is 2.35 bits per heavy atom. The molecule has 0 saturated carbocycles. The minimum Gasteiger partial charge on any atom is -0.462 e. The Balaban J connectivity index is 2.01. The Morgan fingerprint density at radius 3 is 3.05 bits per heavy atom. The van der Waals surface area contributed by atoms with Crippen LogP contribution in [0.2, 0.25) is 0 Å². The first-order chi connectivity index (χ1) is 9.74. The van der Waals surface area contributed by atoms with Crippen molar-refractivity contribution < 1.29 is 9.53 Å². The molecule has 0 aliphatic carbocycles. The Morgan fingerprint density at radius 1 is 1.55 bits per heavy atom. The fourth-order valence-electron chi connectivity index (χ4n) is 1.53. The van der Waals surface area contributed by atoms with Gasteiger partial charge in [-0.15, -0.1) is 0 Å². The number of H-pyrrole nitrogens is 1. The van der Waals surface area contributed by atoms with Crippen LogP contribution in [-0.4, -0.2) is 22.5 Å². The summed E-state index contributed by atoms with van der Waals surface area (Å²) in [4.78, 5) is 18.6. The summed E-state index contributed by atoms with van der Waals surface area (Å²) in [5.74, 6) is -0.197. The van der Waals surface area contributed by atoms with E-state index in [1.165, 1.54) is 6.20 Å². The standard InChI is InChI=1S/C13H13N5O2/c1-2-20-12(19)9(7-14)8-15-18-13-16-10-5-3-4-6-11(10)17-13/h3-6,8,15H,2H2,1H3,(H2,16,17,18). The van der Waals surface area contributed by atoms with E-state index in [0.717, 1.165) is 11.0 Å². The maximum atomic E-state index is 11.4. The number of ether oxygens (including phenoxy) is 1. The number of esters is 1. The smallest absolute Gasteiger partial charge is 0.350 e. The number of anilines is 1. The van der Waals surface area contributed by atoms with E-state index in [0.29, 0.717) is 5.95 Å². The molecule has 0 spiro atoms. The van der Waals surface area contributed by atoms with Crippen LogP contribution in [0.3, 0.4) is 0 Å². The first-order valence-corrected chi connectivity index (χ1v) is 5.98. The zero-order chi connectivity index (χ0) is 14.4. The van der Waals surface area contributed by atoms with Crippen LogP contribution in [0.5, 0.6) is 0 Å². The first kappa shape index (κ1) is 13.4. The maximum Gasteiger partial charge on any atom is 0.350 e. The van der Waals surface area contributed by atoms with Gasteiger partial charge in [0.1, 0.15) is 6.07 Å². The van der Waals surface area contributed by atoms with Crippen LogP contribution in [0.25, 0.3) is 11.0 Å². The number of nitrogens with zero attached hydrogens (tertiary/aromatic N) is 2. The van der Waals surface area contributed by atoms with E-state index in [1.54, 1.807) is 13.0 Å². The molecule has 0 bridgehead atoms. The number of benzene rings is 1. The number of nitriles is 1. The van der Waals surface area contributed by atoms with E-state index in [1.807, 2.05) is 24.3 Å². The summed E-state index contributed by atoms with van der Waals surface area (Å²) in [5.41, 5.74) is 6.93. The van der Waals surface area contributed by atoms with Gasteiger partial charge in [-0.1, -0.05) is 12.1 Å². The topological polar surface area (TPSA) is 103 Å². The molecule has 102 valence electrons. The molecule has 20 heavy (non-hydrogen) atoms. The van der Waals surface area contributed by atoms with Crippen LogP contribution in [0.1, 0.15) is 6.92 Å². The lowest BCUT2D eigenvalue weighted by atomic mass is 10.3. The predicted octanol–water partition coefficient (Wildman–Crippen LogP) is 1.45. The Hall–Kier alpha value is -3.01. The second kappa shape index (κ2) is 6.24. The summed E-state index contributed by atoms with van der Waals surface area (Å²) in [7, 11) is 0. The molecule has 0 radical (unpaired) electrons. The number of carbonyl (C=O) groups excluding carboxylic acids is 1.